The molecule has 0 amide bonds. The van der Waals surface area contributed by atoms with Crippen LogP contribution in [0.5, 0.6) is 0 Å². The summed E-state index contributed by atoms with van der Waals surface area (Å²) >= 11 is 1.56. The van der Waals surface area contributed by atoms with Crippen molar-refractivity contribution in [3.63, 3.8) is 0 Å². The van der Waals surface area contributed by atoms with E-state index in [0.717, 1.165) is 29.5 Å². The fraction of sp³-hybridized carbons (Fsp3) is 0.304. The number of benzene rings is 2. The summed E-state index contributed by atoms with van der Waals surface area (Å²) in [6.45, 7) is 2.89. The Balaban J connectivity index is 1.56. The maximum absolute atomic E-state index is 5.85. The Morgan fingerprint density at radius 1 is 0.935 bits per heavy atom. The maximum atomic E-state index is 5.85. The highest BCUT2D eigenvalue weighted by Crippen LogP contribution is 2.28. The molecule has 31 heavy (non-hydrogen) atoms. The first-order valence-electron chi connectivity index (χ1n) is 10.3. The predicted molar refractivity (Wildman–Crippen MR) is 122 cm³/mol. The Hall–Kier alpha value is -2.97. The van der Waals surface area contributed by atoms with Crippen LogP contribution in [0.1, 0.15) is 36.7 Å². The molecule has 4 aromatic rings. The summed E-state index contributed by atoms with van der Waals surface area (Å²) in [6, 6.07) is 20.4. The monoisotopic (exact) mass is 434 g/mol. The maximum Gasteiger partial charge on any atom is 0.247 e. The van der Waals surface area contributed by atoms with E-state index in [0.29, 0.717) is 17.5 Å². The van der Waals surface area contributed by atoms with Crippen LogP contribution >= 0.6 is 11.8 Å². The third kappa shape index (κ3) is 5.03. The van der Waals surface area contributed by atoms with Gasteiger partial charge in [-0.05, 0) is 38.2 Å². The summed E-state index contributed by atoms with van der Waals surface area (Å²) in [4.78, 5) is 2.18. The van der Waals surface area contributed by atoms with E-state index in [2.05, 4.69) is 75.1 Å². The van der Waals surface area contributed by atoms with Crippen molar-refractivity contribution in [1.29, 1.82) is 0 Å². The lowest BCUT2D eigenvalue weighted by Crippen LogP contribution is -2.23. The Labute approximate surface area is 186 Å². The summed E-state index contributed by atoms with van der Waals surface area (Å²) in [5, 5.41) is 18.3. The van der Waals surface area contributed by atoms with E-state index in [-0.39, 0.29) is 6.04 Å². The molecule has 0 aliphatic heterocycles. The molecule has 8 heteroatoms. The first-order chi connectivity index (χ1) is 15.2. The molecular formula is C23H26N6OS. The van der Waals surface area contributed by atoms with E-state index >= 15 is 0 Å². The van der Waals surface area contributed by atoms with Crippen LogP contribution in [0.3, 0.4) is 0 Å². The number of thioether (sulfide) groups is 1. The first-order valence-corrected chi connectivity index (χ1v) is 11.3. The lowest BCUT2D eigenvalue weighted by Gasteiger charge is -2.23. The molecule has 0 radical (unpaired) electrons. The Morgan fingerprint density at radius 2 is 1.65 bits per heavy atom. The fourth-order valence-corrected chi connectivity index (χ4v) is 4.26. The van der Waals surface area contributed by atoms with Crippen LogP contribution < -0.4 is 0 Å². The van der Waals surface area contributed by atoms with Crippen molar-refractivity contribution in [3.8, 4) is 11.5 Å². The minimum absolute atomic E-state index is 0.193. The van der Waals surface area contributed by atoms with E-state index in [1.54, 1.807) is 11.8 Å². The summed E-state index contributed by atoms with van der Waals surface area (Å²) in [5.74, 6) is 2.60. The molecule has 0 unspecified atom stereocenters. The van der Waals surface area contributed by atoms with E-state index in [1.165, 1.54) is 5.56 Å². The van der Waals surface area contributed by atoms with Crippen molar-refractivity contribution in [3.05, 3.63) is 77.9 Å². The smallest absolute Gasteiger partial charge is 0.247 e. The number of hydrogen-bond acceptors (Lipinski definition) is 7. The molecule has 4 rings (SSSR count). The number of nitrogens with zero attached hydrogens (tertiary/aromatic N) is 6. The molecule has 0 aliphatic carbocycles. The van der Waals surface area contributed by atoms with Gasteiger partial charge in [-0.2, -0.15) is 0 Å². The quantitative estimate of drug-likeness (QED) is 0.354. The Kier molecular flexibility index (Phi) is 6.79. The highest BCUT2D eigenvalue weighted by atomic mass is 32.2. The van der Waals surface area contributed by atoms with Gasteiger partial charge in [-0.3, -0.25) is 4.90 Å². The average Bonchev–Trinajstić information content (AvgIpc) is 3.42. The molecule has 0 saturated heterocycles. The van der Waals surface area contributed by atoms with Crippen LogP contribution in [0.2, 0.25) is 0 Å². The molecule has 160 valence electrons. The molecule has 0 bridgehead atoms. The molecule has 0 saturated carbocycles. The normalized spacial score (nSPS) is 12.4. The van der Waals surface area contributed by atoms with E-state index in [9.17, 15) is 0 Å². The van der Waals surface area contributed by atoms with Gasteiger partial charge in [-0.15, -0.1) is 20.4 Å². The molecule has 1 atom stereocenters. The van der Waals surface area contributed by atoms with Gasteiger partial charge in [-0.25, -0.2) is 0 Å². The van der Waals surface area contributed by atoms with Gasteiger partial charge in [0.2, 0.25) is 11.8 Å². The topological polar surface area (TPSA) is 72.9 Å². The zero-order valence-electron chi connectivity index (χ0n) is 18.0. The second-order valence-electron chi connectivity index (χ2n) is 7.46. The van der Waals surface area contributed by atoms with Gasteiger partial charge in [0.15, 0.2) is 11.0 Å². The van der Waals surface area contributed by atoms with E-state index in [4.69, 9.17) is 4.42 Å². The van der Waals surface area contributed by atoms with Gasteiger partial charge in [-0.1, -0.05) is 67.2 Å². The molecule has 0 aliphatic rings. The van der Waals surface area contributed by atoms with Crippen molar-refractivity contribution in [2.24, 2.45) is 0 Å². The highest BCUT2D eigenvalue weighted by molar-refractivity contribution is 7.98. The lowest BCUT2D eigenvalue weighted by atomic mass is 10.2. The first kappa shape index (κ1) is 21.3. The van der Waals surface area contributed by atoms with Crippen molar-refractivity contribution in [2.75, 3.05) is 14.1 Å². The zero-order valence-corrected chi connectivity index (χ0v) is 18.8. The molecule has 7 nitrogen and oxygen atoms in total. The lowest BCUT2D eigenvalue weighted by molar-refractivity contribution is 0.272. The van der Waals surface area contributed by atoms with Gasteiger partial charge in [0.05, 0.1) is 18.3 Å². The predicted octanol–water partition coefficient (Wildman–Crippen LogP) is 4.68. The largest absolute Gasteiger partial charge is 0.420 e. The summed E-state index contributed by atoms with van der Waals surface area (Å²) in [6.07, 6.45) is 0.953. The van der Waals surface area contributed by atoms with Gasteiger partial charge < -0.3 is 8.98 Å². The third-order valence-electron chi connectivity index (χ3n) is 5.05. The van der Waals surface area contributed by atoms with Crippen LogP contribution in [0.25, 0.3) is 11.5 Å². The molecule has 2 aromatic carbocycles. The van der Waals surface area contributed by atoms with Gasteiger partial charge in [0.1, 0.15) is 0 Å². The second kappa shape index (κ2) is 9.89. The minimum Gasteiger partial charge on any atom is -0.420 e. The summed E-state index contributed by atoms with van der Waals surface area (Å²) in [5.41, 5.74) is 2.13. The fourth-order valence-electron chi connectivity index (χ4n) is 3.48. The van der Waals surface area contributed by atoms with Gasteiger partial charge in [0, 0.05) is 5.56 Å². The minimum atomic E-state index is 0.193. The molecular weight excluding hydrogens is 408 g/mol. The third-order valence-corrected chi connectivity index (χ3v) is 6.00. The van der Waals surface area contributed by atoms with E-state index < -0.39 is 0 Å². The molecule has 0 N–H and O–H groups in total. The highest BCUT2D eigenvalue weighted by Gasteiger charge is 2.22. The number of hydrogen-bond donors (Lipinski definition) is 0. The summed E-state index contributed by atoms with van der Waals surface area (Å²) in [7, 11) is 4.15. The van der Waals surface area contributed by atoms with Crippen LogP contribution in [0.4, 0.5) is 0 Å². The van der Waals surface area contributed by atoms with Crippen LogP contribution in [-0.4, -0.2) is 44.0 Å². The van der Waals surface area contributed by atoms with Gasteiger partial charge in [0.25, 0.3) is 0 Å². The SMILES string of the molecule is CC[C@H](c1nnc(SCc2nnc(-c3ccccc3)o2)n1Cc1ccccc1)N(C)C. The van der Waals surface area contributed by atoms with E-state index in [1.807, 2.05) is 36.4 Å². The van der Waals surface area contributed by atoms with Crippen molar-refractivity contribution in [2.45, 2.75) is 36.8 Å². The molecule has 2 heterocycles. The van der Waals surface area contributed by atoms with Crippen LogP contribution in [-0.2, 0) is 12.3 Å². The Bertz CT molecular complexity index is 1090. The molecule has 0 spiro atoms. The standard InChI is InChI=1S/C23H26N6OS/c1-4-19(28(2)3)21-25-27-23(29(21)15-17-11-7-5-8-12-17)31-16-20-24-26-22(30-20)18-13-9-6-10-14-18/h5-14,19H,4,15-16H2,1-3H3/t19-/m1/s1. The van der Waals surface area contributed by atoms with Crippen molar-refractivity contribution >= 4 is 11.8 Å². The number of aromatic nitrogens is 5. The number of rotatable bonds is 9. The van der Waals surface area contributed by atoms with Crippen LogP contribution in [0, 0.1) is 0 Å². The summed E-state index contributed by atoms with van der Waals surface area (Å²) < 4.78 is 8.05. The molecule has 2 aromatic heterocycles. The van der Waals surface area contributed by atoms with Gasteiger partial charge >= 0.3 is 0 Å². The molecule has 0 fully saturated rings. The zero-order chi connectivity index (χ0) is 21.6. The second-order valence-corrected chi connectivity index (χ2v) is 8.40. The average molecular weight is 435 g/mol. The van der Waals surface area contributed by atoms with Crippen molar-refractivity contribution in [1.82, 2.24) is 29.9 Å². The Morgan fingerprint density at radius 3 is 2.32 bits per heavy atom. The van der Waals surface area contributed by atoms with Crippen LogP contribution in [0.15, 0.2) is 70.2 Å². The van der Waals surface area contributed by atoms with Crippen molar-refractivity contribution < 1.29 is 4.42 Å².